The lowest BCUT2D eigenvalue weighted by Gasteiger charge is -1.96. The molecule has 1 N–H and O–H groups in total. The maximum absolute atomic E-state index is 11.6. The highest BCUT2D eigenvalue weighted by Crippen LogP contribution is 2.11. The van der Waals surface area contributed by atoms with Gasteiger partial charge in [-0.15, -0.1) is 0 Å². The van der Waals surface area contributed by atoms with Gasteiger partial charge in [-0.1, -0.05) is 11.6 Å². The minimum atomic E-state index is -0.791. The first-order chi connectivity index (χ1) is 7.09. The number of hydrogen-bond acceptors (Lipinski definition) is 4. The van der Waals surface area contributed by atoms with E-state index in [0.717, 1.165) is 5.56 Å². The van der Waals surface area contributed by atoms with Crippen LogP contribution in [0.15, 0.2) is 23.0 Å². The smallest absolute Gasteiger partial charge is 0.358 e. The highest BCUT2D eigenvalue weighted by Gasteiger charge is 2.16. The van der Waals surface area contributed by atoms with Crippen LogP contribution < -0.4 is 5.43 Å². The van der Waals surface area contributed by atoms with Crippen LogP contribution in [0.2, 0.25) is 0 Å². The van der Waals surface area contributed by atoms with Gasteiger partial charge in [-0.25, -0.2) is 0 Å². The van der Waals surface area contributed by atoms with Gasteiger partial charge in [0.1, 0.15) is 0 Å². The van der Waals surface area contributed by atoms with Crippen LogP contribution in [0.1, 0.15) is 5.56 Å². The Bertz CT molecular complexity index is 603. The van der Waals surface area contributed by atoms with Crippen LogP contribution in [-0.4, -0.2) is 15.1 Å². The summed E-state index contributed by atoms with van der Waals surface area (Å²) in [5.74, 6) is -0.673. The fourth-order valence-corrected chi connectivity index (χ4v) is 1.35. The quantitative estimate of drug-likeness (QED) is 0.558. The SMILES string of the molecule is Cc1ccc2[nH]nc([N+](=O)[O-])c(=O)c2c1. The van der Waals surface area contributed by atoms with Crippen molar-refractivity contribution in [2.45, 2.75) is 6.92 Å². The number of aromatic nitrogens is 2. The Balaban J connectivity index is 2.89. The van der Waals surface area contributed by atoms with E-state index >= 15 is 0 Å². The van der Waals surface area contributed by atoms with Gasteiger partial charge in [0.2, 0.25) is 0 Å². The summed E-state index contributed by atoms with van der Waals surface area (Å²) in [4.78, 5) is 21.3. The summed E-state index contributed by atoms with van der Waals surface area (Å²) >= 11 is 0. The molecule has 2 aromatic rings. The molecule has 0 spiro atoms. The third-order valence-electron chi connectivity index (χ3n) is 2.08. The second-order valence-corrected chi connectivity index (χ2v) is 3.18. The molecule has 6 heteroatoms. The van der Waals surface area contributed by atoms with Crippen LogP contribution >= 0.6 is 0 Å². The molecule has 0 saturated carbocycles. The molecule has 6 nitrogen and oxygen atoms in total. The Hall–Kier alpha value is -2.24. The summed E-state index contributed by atoms with van der Waals surface area (Å²) in [7, 11) is 0. The van der Waals surface area contributed by atoms with Gasteiger partial charge in [0.25, 0.3) is 5.43 Å². The van der Waals surface area contributed by atoms with Gasteiger partial charge in [-0.2, -0.15) is 5.10 Å². The maximum atomic E-state index is 11.6. The van der Waals surface area contributed by atoms with Crippen LogP contribution in [0.5, 0.6) is 0 Å². The molecule has 0 atom stereocenters. The molecule has 0 radical (unpaired) electrons. The van der Waals surface area contributed by atoms with Crippen molar-refractivity contribution >= 4 is 16.7 Å². The van der Waals surface area contributed by atoms with E-state index in [4.69, 9.17) is 0 Å². The average molecular weight is 205 g/mol. The Morgan fingerprint density at radius 3 is 2.87 bits per heavy atom. The van der Waals surface area contributed by atoms with Gasteiger partial charge in [0.15, 0.2) is 0 Å². The van der Waals surface area contributed by atoms with Crippen molar-refractivity contribution in [3.05, 3.63) is 44.1 Å². The highest BCUT2D eigenvalue weighted by atomic mass is 16.6. The minimum absolute atomic E-state index is 0.289. The lowest BCUT2D eigenvalue weighted by Crippen LogP contribution is -2.12. The normalized spacial score (nSPS) is 10.5. The Kier molecular flexibility index (Phi) is 1.96. The number of benzene rings is 1. The Morgan fingerprint density at radius 2 is 2.20 bits per heavy atom. The van der Waals surface area contributed by atoms with E-state index in [1.165, 1.54) is 0 Å². The third-order valence-corrected chi connectivity index (χ3v) is 2.08. The lowest BCUT2D eigenvalue weighted by molar-refractivity contribution is -0.391. The van der Waals surface area contributed by atoms with Crippen molar-refractivity contribution in [2.24, 2.45) is 0 Å². The first-order valence-electron chi connectivity index (χ1n) is 4.23. The molecule has 1 aromatic carbocycles. The third kappa shape index (κ3) is 1.45. The Labute approximate surface area is 83.7 Å². The second-order valence-electron chi connectivity index (χ2n) is 3.18. The summed E-state index contributed by atoms with van der Waals surface area (Å²) in [6, 6.07) is 5.07. The second kappa shape index (κ2) is 3.16. The van der Waals surface area contributed by atoms with Crippen molar-refractivity contribution in [1.82, 2.24) is 10.2 Å². The number of H-pyrrole nitrogens is 1. The number of aromatic amines is 1. The van der Waals surface area contributed by atoms with E-state index in [1.54, 1.807) is 18.2 Å². The van der Waals surface area contributed by atoms with Crippen LogP contribution in [0.3, 0.4) is 0 Å². The molecule has 0 saturated heterocycles. The summed E-state index contributed by atoms with van der Waals surface area (Å²) in [5.41, 5.74) is 0.710. The van der Waals surface area contributed by atoms with Crippen molar-refractivity contribution < 1.29 is 4.92 Å². The first-order valence-corrected chi connectivity index (χ1v) is 4.23. The molecule has 0 aliphatic carbocycles. The zero-order chi connectivity index (χ0) is 11.0. The van der Waals surface area contributed by atoms with E-state index in [1.807, 2.05) is 6.92 Å². The summed E-state index contributed by atoms with van der Waals surface area (Å²) in [6.45, 7) is 1.81. The molecule has 0 bridgehead atoms. The number of nitro groups is 1. The fourth-order valence-electron chi connectivity index (χ4n) is 1.35. The number of fused-ring (bicyclic) bond motifs is 1. The molecule has 0 fully saturated rings. The van der Waals surface area contributed by atoms with Gasteiger partial charge in [-0.05, 0) is 24.0 Å². The van der Waals surface area contributed by atoms with Gasteiger partial charge in [0.05, 0.1) is 16.0 Å². The van der Waals surface area contributed by atoms with Crippen molar-refractivity contribution in [3.63, 3.8) is 0 Å². The van der Waals surface area contributed by atoms with Crippen molar-refractivity contribution in [1.29, 1.82) is 0 Å². The molecule has 0 aliphatic heterocycles. The van der Waals surface area contributed by atoms with Crippen LogP contribution in [0.4, 0.5) is 5.82 Å². The molecule has 0 aliphatic rings. The number of nitrogens with one attached hydrogen (secondary N) is 1. The number of aryl methyl sites for hydroxylation is 1. The number of rotatable bonds is 1. The minimum Gasteiger partial charge on any atom is -0.358 e. The summed E-state index contributed by atoms with van der Waals surface area (Å²) in [5, 5.41) is 16.6. The van der Waals surface area contributed by atoms with E-state index in [-0.39, 0.29) is 5.39 Å². The van der Waals surface area contributed by atoms with Gasteiger partial charge < -0.3 is 10.1 Å². The zero-order valence-corrected chi connectivity index (χ0v) is 7.85. The average Bonchev–Trinajstić information content (AvgIpc) is 2.19. The van der Waals surface area contributed by atoms with E-state index in [2.05, 4.69) is 10.2 Å². The van der Waals surface area contributed by atoms with E-state index in [9.17, 15) is 14.9 Å². The molecule has 1 heterocycles. The molecule has 2 rings (SSSR count). The van der Waals surface area contributed by atoms with Crippen LogP contribution in [0.25, 0.3) is 10.9 Å². The predicted molar refractivity (Wildman–Crippen MR) is 53.8 cm³/mol. The van der Waals surface area contributed by atoms with Gasteiger partial charge in [-0.3, -0.25) is 4.79 Å². The van der Waals surface area contributed by atoms with Crippen LogP contribution in [-0.2, 0) is 0 Å². The van der Waals surface area contributed by atoms with Crippen molar-refractivity contribution in [2.75, 3.05) is 0 Å². The summed E-state index contributed by atoms with van der Waals surface area (Å²) < 4.78 is 0. The molecule has 1 aromatic heterocycles. The zero-order valence-electron chi connectivity index (χ0n) is 7.85. The van der Waals surface area contributed by atoms with Crippen molar-refractivity contribution in [3.8, 4) is 0 Å². The largest absolute Gasteiger partial charge is 0.436 e. The first kappa shape index (κ1) is 9.32. The maximum Gasteiger partial charge on any atom is 0.436 e. The predicted octanol–water partition coefficient (Wildman–Crippen LogP) is 1.14. The van der Waals surface area contributed by atoms with Gasteiger partial charge >= 0.3 is 5.82 Å². The molecule has 0 unspecified atom stereocenters. The topological polar surface area (TPSA) is 88.9 Å². The molecule has 15 heavy (non-hydrogen) atoms. The van der Waals surface area contributed by atoms with E-state index < -0.39 is 16.2 Å². The standard InChI is InChI=1S/C9H7N3O3/c1-5-2-3-7-6(4-5)8(13)9(11-10-7)12(14)15/h2-4H,1H3,(H,10,13). The van der Waals surface area contributed by atoms with E-state index in [0.29, 0.717) is 5.52 Å². The number of hydrogen-bond donors (Lipinski definition) is 1. The molecule has 76 valence electrons. The van der Waals surface area contributed by atoms with Crippen LogP contribution in [0, 0.1) is 17.0 Å². The summed E-state index contributed by atoms with van der Waals surface area (Å²) in [6.07, 6.45) is 0. The lowest BCUT2D eigenvalue weighted by atomic mass is 10.1. The fraction of sp³-hybridized carbons (Fsp3) is 0.111. The Morgan fingerprint density at radius 1 is 1.47 bits per heavy atom. The molecular weight excluding hydrogens is 198 g/mol. The number of nitrogens with zero attached hydrogens (tertiary/aromatic N) is 2. The monoisotopic (exact) mass is 205 g/mol. The molecular formula is C9H7N3O3. The van der Waals surface area contributed by atoms with Gasteiger partial charge in [0, 0.05) is 0 Å². The highest BCUT2D eigenvalue weighted by molar-refractivity contribution is 5.79. The molecule has 0 amide bonds.